The molecule has 0 spiro atoms. The molecule has 1 unspecified atom stereocenters. The Bertz CT molecular complexity index is 490. The Morgan fingerprint density at radius 3 is 3.20 bits per heavy atom. The van der Waals surface area contributed by atoms with Gasteiger partial charge in [0.05, 0.1) is 21.8 Å². The molecule has 0 radical (unpaired) electrons. The number of thiazole rings is 1. The van der Waals surface area contributed by atoms with Gasteiger partial charge in [-0.1, -0.05) is 15.9 Å². The van der Waals surface area contributed by atoms with Gasteiger partial charge in [0.1, 0.15) is 0 Å². The van der Waals surface area contributed by atoms with Crippen molar-refractivity contribution in [1.29, 1.82) is 0 Å². The third-order valence-electron chi connectivity index (χ3n) is 2.65. The fraction of sp³-hybridized carbons (Fsp3) is 0.364. The summed E-state index contributed by atoms with van der Waals surface area (Å²) in [6, 6.07) is 6.26. The summed E-state index contributed by atoms with van der Waals surface area (Å²) in [5.74, 6) is 0.515. The van der Waals surface area contributed by atoms with Crippen molar-refractivity contribution in [2.24, 2.45) is 0 Å². The molecule has 1 fully saturated rings. The van der Waals surface area contributed by atoms with Crippen LogP contribution in [0, 0.1) is 0 Å². The first kappa shape index (κ1) is 9.75. The van der Waals surface area contributed by atoms with Crippen LogP contribution in [0.4, 0.5) is 0 Å². The van der Waals surface area contributed by atoms with E-state index in [1.165, 1.54) is 9.71 Å². The molecule has 1 aliphatic heterocycles. The van der Waals surface area contributed by atoms with Crippen molar-refractivity contribution in [2.75, 3.05) is 13.2 Å². The Kier molecular flexibility index (Phi) is 2.50. The summed E-state index contributed by atoms with van der Waals surface area (Å²) in [5.41, 5.74) is 1.09. The predicted octanol–water partition coefficient (Wildman–Crippen LogP) is 3.56. The van der Waals surface area contributed by atoms with Gasteiger partial charge < -0.3 is 4.74 Å². The minimum atomic E-state index is 0.515. The molecule has 0 N–H and O–H groups in total. The Morgan fingerprint density at radius 2 is 2.40 bits per heavy atom. The van der Waals surface area contributed by atoms with E-state index in [4.69, 9.17) is 4.74 Å². The van der Waals surface area contributed by atoms with Crippen LogP contribution >= 0.6 is 27.3 Å². The molecule has 2 heterocycles. The van der Waals surface area contributed by atoms with Crippen molar-refractivity contribution in [3.8, 4) is 0 Å². The average molecular weight is 284 g/mol. The fourth-order valence-corrected chi connectivity index (χ4v) is 3.24. The summed E-state index contributed by atoms with van der Waals surface area (Å²) in [7, 11) is 0. The average Bonchev–Trinajstić information content (AvgIpc) is 2.84. The Hall–Kier alpha value is -0.450. The standard InChI is InChI=1S/C11H10BrNOS/c12-8-1-2-10-9(5-8)13-11(15-10)7-3-4-14-6-7/h1-2,5,7H,3-4,6H2. The highest BCUT2D eigenvalue weighted by Crippen LogP contribution is 2.33. The maximum absolute atomic E-state index is 5.39. The minimum absolute atomic E-state index is 0.515. The molecule has 0 bridgehead atoms. The van der Waals surface area contributed by atoms with Gasteiger partial charge in [-0.05, 0) is 24.6 Å². The third-order valence-corrected chi connectivity index (χ3v) is 4.34. The molecular formula is C11H10BrNOS. The number of benzene rings is 1. The van der Waals surface area contributed by atoms with Crippen LogP contribution < -0.4 is 0 Å². The monoisotopic (exact) mass is 283 g/mol. The zero-order valence-electron chi connectivity index (χ0n) is 8.07. The number of hydrogen-bond donors (Lipinski definition) is 0. The van der Waals surface area contributed by atoms with Gasteiger partial charge in [0.15, 0.2) is 0 Å². The lowest BCUT2D eigenvalue weighted by atomic mass is 10.1. The van der Waals surface area contributed by atoms with Crippen molar-refractivity contribution < 1.29 is 4.74 Å². The number of hydrogen-bond acceptors (Lipinski definition) is 3. The minimum Gasteiger partial charge on any atom is -0.381 e. The molecule has 1 saturated heterocycles. The largest absolute Gasteiger partial charge is 0.381 e. The maximum Gasteiger partial charge on any atom is 0.0993 e. The molecule has 0 aliphatic carbocycles. The van der Waals surface area contributed by atoms with Crippen LogP contribution in [0.2, 0.25) is 0 Å². The van der Waals surface area contributed by atoms with E-state index in [1.807, 2.05) is 0 Å². The molecule has 0 amide bonds. The summed E-state index contributed by atoms with van der Waals surface area (Å²) in [4.78, 5) is 4.66. The van der Waals surface area contributed by atoms with Gasteiger partial charge >= 0.3 is 0 Å². The maximum atomic E-state index is 5.39. The molecule has 0 saturated carbocycles. The first-order valence-corrected chi connectivity index (χ1v) is 6.57. The van der Waals surface area contributed by atoms with Crippen molar-refractivity contribution >= 4 is 37.5 Å². The highest BCUT2D eigenvalue weighted by Gasteiger charge is 2.21. The van der Waals surface area contributed by atoms with Crippen LogP contribution in [0.25, 0.3) is 10.2 Å². The molecular weight excluding hydrogens is 274 g/mol. The van der Waals surface area contributed by atoms with Crippen molar-refractivity contribution in [3.63, 3.8) is 0 Å². The summed E-state index contributed by atoms with van der Waals surface area (Å²) >= 11 is 5.26. The summed E-state index contributed by atoms with van der Waals surface area (Å²) < 4.78 is 7.74. The Morgan fingerprint density at radius 1 is 1.47 bits per heavy atom. The third kappa shape index (κ3) is 1.82. The molecule has 1 aromatic heterocycles. The smallest absolute Gasteiger partial charge is 0.0993 e. The first-order valence-electron chi connectivity index (χ1n) is 4.96. The van der Waals surface area contributed by atoms with E-state index in [0.29, 0.717) is 5.92 Å². The lowest BCUT2D eigenvalue weighted by Gasteiger charge is -1.99. The van der Waals surface area contributed by atoms with Crippen LogP contribution in [-0.4, -0.2) is 18.2 Å². The second-order valence-corrected chi connectivity index (χ2v) is 5.70. The summed E-state index contributed by atoms with van der Waals surface area (Å²) in [6.07, 6.45) is 1.11. The number of ether oxygens (including phenoxy) is 1. The Balaban J connectivity index is 2.05. The topological polar surface area (TPSA) is 22.1 Å². The summed E-state index contributed by atoms with van der Waals surface area (Å²) in [6.45, 7) is 1.71. The van der Waals surface area contributed by atoms with Gasteiger partial charge in [0.25, 0.3) is 0 Å². The SMILES string of the molecule is Brc1ccc2sc(C3CCOC3)nc2c1. The van der Waals surface area contributed by atoms with Crippen molar-refractivity contribution in [3.05, 3.63) is 27.7 Å². The molecule has 1 aromatic carbocycles. The number of fused-ring (bicyclic) bond motifs is 1. The molecule has 3 rings (SSSR count). The van der Waals surface area contributed by atoms with E-state index in [0.717, 1.165) is 29.6 Å². The quantitative estimate of drug-likeness (QED) is 0.798. The lowest BCUT2D eigenvalue weighted by Crippen LogP contribution is -1.95. The molecule has 2 nitrogen and oxygen atoms in total. The van der Waals surface area contributed by atoms with Crippen LogP contribution in [0.1, 0.15) is 17.3 Å². The zero-order valence-corrected chi connectivity index (χ0v) is 10.5. The highest BCUT2D eigenvalue weighted by molar-refractivity contribution is 9.10. The van der Waals surface area contributed by atoms with Gasteiger partial charge in [-0.25, -0.2) is 4.98 Å². The lowest BCUT2D eigenvalue weighted by molar-refractivity contribution is 0.194. The number of rotatable bonds is 1. The van der Waals surface area contributed by atoms with Crippen molar-refractivity contribution in [2.45, 2.75) is 12.3 Å². The number of nitrogens with zero attached hydrogens (tertiary/aromatic N) is 1. The van der Waals surface area contributed by atoms with Crippen LogP contribution in [-0.2, 0) is 4.74 Å². The van der Waals surface area contributed by atoms with E-state index in [9.17, 15) is 0 Å². The van der Waals surface area contributed by atoms with Gasteiger partial charge in [-0.2, -0.15) is 0 Å². The van der Waals surface area contributed by atoms with Crippen LogP contribution in [0.3, 0.4) is 0 Å². The molecule has 15 heavy (non-hydrogen) atoms. The van der Waals surface area contributed by atoms with Crippen molar-refractivity contribution in [1.82, 2.24) is 4.98 Å². The first-order chi connectivity index (χ1) is 7.33. The number of aromatic nitrogens is 1. The molecule has 78 valence electrons. The normalized spacial score (nSPS) is 21.3. The van der Waals surface area contributed by atoms with Gasteiger partial charge in [0, 0.05) is 17.0 Å². The van der Waals surface area contributed by atoms with E-state index in [-0.39, 0.29) is 0 Å². The molecule has 4 heteroatoms. The molecule has 1 atom stereocenters. The predicted molar refractivity (Wildman–Crippen MR) is 65.5 cm³/mol. The van der Waals surface area contributed by atoms with Crippen LogP contribution in [0.5, 0.6) is 0 Å². The zero-order chi connectivity index (χ0) is 10.3. The van der Waals surface area contributed by atoms with Crippen LogP contribution in [0.15, 0.2) is 22.7 Å². The molecule has 2 aromatic rings. The fourth-order valence-electron chi connectivity index (χ4n) is 1.82. The Labute approximate surface area is 100 Å². The van der Waals surface area contributed by atoms with E-state index in [2.05, 4.69) is 39.1 Å². The second kappa shape index (κ2) is 3.85. The van der Waals surface area contributed by atoms with E-state index < -0.39 is 0 Å². The summed E-state index contributed by atoms with van der Waals surface area (Å²) in [5, 5.41) is 1.22. The van der Waals surface area contributed by atoms with Gasteiger partial charge in [-0.15, -0.1) is 11.3 Å². The molecule has 1 aliphatic rings. The van der Waals surface area contributed by atoms with E-state index >= 15 is 0 Å². The highest BCUT2D eigenvalue weighted by atomic mass is 79.9. The van der Waals surface area contributed by atoms with Gasteiger partial charge in [0.2, 0.25) is 0 Å². The second-order valence-electron chi connectivity index (χ2n) is 3.72. The van der Waals surface area contributed by atoms with Gasteiger partial charge in [-0.3, -0.25) is 0 Å². The number of halogens is 1. The van der Waals surface area contributed by atoms with E-state index in [1.54, 1.807) is 11.3 Å².